The molecule has 2 fully saturated rings. The van der Waals surface area contributed by atoms with E-state index in [-0.39, 0.29) is 23.6 Å². The van der Waals surface area contributed by atoms with E-state index in [1.807, 2.05) is 6.92 Å². The SMILES string of the molecule is COC1CS(=O)(=O)CC1NC(=O)NC(C)CC1CCOCC1. The topological polar surface area (TPSA) is 93.7 Å². The number of methoxy groups -OCH3 is 1. The molecule has 0 bridgehead atoms. The van der Waals surface area contributed by atoms with Crippen molar-refractivity contribution in [2.45, 2.75) is 44.4 Å². The highest BCUT2D eigenvalue weighted by atomic mass is 32.2. The quantitative estimate of drug-likeness (QED) is 0.754. The number of carbonyl (C=O) groups excluding carboxylic acids is 1. The summed E-state index contributed by atoms with van der Waals surface area (Å²) in [5, 5.41) is 5.61. The molecule has 2 saturated heterocycles. The summed E-state index contributed by atoms with van der Waals surface area (Å²) >= 11 is 0. The van der Waals surface area contributed by atoms with Crippen LogP contribution in [-0.4, -0.2) is 64.5 Å². The number of hydrogen-bond donors (Lipinski definition) is 2. The molecule has 8 heteroatoms. The molecule has 2 heterocycles. The predicted molar refractivity (Wildman–Crippen MR) is 82.5 cm³/mol. The maximum atomic E-state index is 12.0. The van der Waals surface area contributed by atoms with Gasteiger partial charge in [-0.3, -0.25) is 0 Å². The number of amides is 2. The van der Waals surface area contributed by atoms with E-state index < -0.39 is 22.0 Å². The molecular formula is C14H26N2O5S. The van der Waals surface area contributed by atoms with Crippen LogP contribution in [0.3, 0.4) is 0 Å². The fourth-order valence-corrected chi connectivity index (χ4v) is 5.01. The Kier molecular flexibility index (Phi) is 6.05. The molecule has 2 rings (SSSR count). The van der Waals surface area contributed by atoms with Gasteiger partial charge in [-0.25, -0.2) is 13.2 Å². The Morgan fingerprint density at radius 2 is 2.00 bits per heavy atom. The molecule has 2 aliphatic heterocycles. The van der Waals surface area contributed by atoms with Crippen LogP contribution < -0.4 is 10.6 Å². The van der Waals surface area contributed by atoms with Gasteiger partial charge in [0.15, 0.2) is 9.84 Å². The molecule has 0 aliphatic carbocycles. The van der Waals surface area contributed by atoms with E-state index in [1.54, 1.807) is 0 Å². The van der Waals surface area contributed by atoms with E-state index in [4.69, 9.17) is 9.47 Å². The fraction of sp³-hybridized carbons (Fsp3) is 0.929. The Labute approximate surface area is 132 Å². The minimum atomic E-state index is -3.13. The van der Waals surface area contributed by atoms with E-state index in [0.717, 1.165) is 32.5 Å². The summed E-state index contributed by atoms with van der Waals surface area (Å²) < 4.78 is 33.7. The molecule has 22 heavy (non-hydrogen) atoms. The maximum absolute atomic E-state index is 12.0. The molecule has 0 radical (unpaired) electrons. The number of ether oxygens (including phenoxy) is 2. The first kappa shape index (κ1) is 17.5. The van der Waals surface area contributed by atoms with Crippen molar-refractivity contribution in [2.75, 3.05) is 31.8 Å². The molecule has 7 nitrogen and oxygen atoms in total. The molecule has 0 spiro atoms. The zero-order chi connectivity index (χ0) is 16.2. The van der Waals surface area contributed by atoms with Crippen LogP contribution in [0.1, 0.15) is 26.2 Å². The van der Waals surface area contributed by atoms with Crippen LogP contribution in [0.2, 0.25) is 0 Å². The number of sulfone groups is 1. The lowest BCUT2D eigenvalue weighted by molar-refractivity contribution is 0.0614. The van der Waals surface area contributed by atoms with E-state index in [1.165, 1.54) is 7.11 Å². The highest BCUT2D eigenvalue weighted by Gasteiger charge is 2.38. The molecule has 0 saturated carbocycles. The van der Waals surface area contributed by atoms with Crippen molar-refractivity contribution >= 4 is 15.9 Å². The second-order valence-electron chi connectivity index (χ2n) is 6.27. The highest BCUT2D eigenvalue weighted by molar-refractivity contribution is 7.91. The first-order chi connectivity index (χ1) is 10.4. The van der Waals surface area contributed by atoms with Gasteiger partial charge in [0.2, 0.25) is 0 Å². The van der Waals surface area contributed by atoms with Crippen molar-refractivity contribution < 1.29 is 22.7 Å². The fourth-order valence-electron chi connectivity index (χ4n) is 3.16. The minimum Gasteiger partial charge on any atom is -0.381 e. The summed E-state index contributed by atoms with van der Waals surface area (Å²) in [5.41, 5.74) is 0. The largest absolute Gasteiger partial charge is 0.381 e. The Balaban J connectivity index is 1.77. The Morgan fingerprint density at radius 3 is 2.64 bits per heavy atom. The number of rotatable bonds is 5. The van der Waals surface area contributed by atoms with Gasteiger partial charge in [0.25, 0.3) is 0 Å². The van der Waals surface area contributed by atoms with E-state index in [0.29, 0.717) is 5.92 Å². The predicted octanol–water partition coefficient (Wildman–Crippen LogP) is 0.303. The average Bonchev–Trinajstić information content (AvgIpc) is 2.73. The number of urea groups is 1. The first-order valence-electron chi connectivity index (χ1n) is 7.77. The van der Waals surface area contributed by atoms with E-state index >= 15 is 0 Å². The van der Waals surface area contributed by atoms with Crippen LogP contribution in [0, 0.1) is 5.92 Å². The lowest BCUT2D eigenvalue weighted by Gasteiger charge is -2.26. The van der Waals surface area contributed by atoms with Crippen molar-refractivity contribution in [1.29, 1.82) is 0 Å². The van der Waals surface area contributed by atoms with Gasteiger partial charge in [0, 0.05) is 26.4 Å². The third kappa shape index (κ3) is 5.10. The molecule has 0 aromatic carbocycles. The summed E-state index contributed by atoms with van der Waals surface area (Å²) in [5.74, 6) is 0.474. The first-order valence-corrected chi connectivity index (χ1v) is 9.59. The minimum absolute atomic E-state index is 0.0356. The zero-order valence-electron chi connectivity index (χ0n) is 13.2. The molecule has 2 amide bonds. The lowest BCUT2D eigenvalue weighted by atomic mass is 9.93. The lowest BCUT2D eigenvalue weighted by Crippen LogP contribution is -2.50. The van der Waals surface area contributed by atoms with Crippen molar-refractivity contribution in [3.8, 4) is 0 Å². The van der Waals surface area contributed by atoms with Crippen molar-refractivity contribution in [2.24, 2.45) is 5.92 Å². The number of carbonyl (C=O) groups is 1. The molecule has 3 atom stereocenters. The Morgan fingerprint density at radius 1 is 1.32 bits per heavy atom. The summed E-state index contributed by atoms with van der Waals surface area (Å²) in [7, 11) is -1.67. The second-order valence-corrected chi connectivity index (χ2v) is 8.42. The molecule has 0 aromatic heterocycles. The zero-order valence-corrected chi connectivity index (χ0v) is 14.0. The summed E-state index contributed by atoms with van der Waals surface area (Å²) in [6.45, 7) is 3.55. The smallest absolute Gasteiger partial charge is 0.315 e. The summed E-state index contributed by atoms with van der Waals surface area (Å²) in [6.07, 6.45) is 2.50. The van der Waals surface area contributed by atoms with E-state index in [2.05, 4.69) is 10.6 Å². The van der Waals surface area contributed by atoms with E-state index in [9.17, 15) is 13.2 Å². The van der Waals surface area contributed by atoms with Crippen LogP contribution in [-0.2, 0) is 19.3 Å². The van der Waals surface area contributed by atoms with Crippen molar-refractivity contribution in [1.82, 2.24) is 10.6 Å². The second kappa shape index (κ2) is 7.61. The van der Waals surface area contributed by atoms with Crippen LogP contribution >= 0.6 is 0 Å². The van der Waals surface area contributed by atoms with Gasteiger partial charge in [0.05, 0.1) is 23.7 Å². The third-order valence-corrected chi connectivity index (χ3v) is 6.03. The van der Waals surface area contributed by atoms with Crippen LogP contribution in [0.5, 0.6) is 0 Å². The maximum Gasteiger partial charge on any atom is 0.315 e. The van der Waals surface area contributed by atoms with Crippen molar-refractivity contribution in [3.05, 3.63) is 0 Å². The van der Waals surface area contributed by atoms with Crippen LogP contribution in [0.15, 0.2) is 0 Å². The molecule has 2 N–H and O–H groups in total. The normalized spacial score (nSPS) is 29.9. The van der Waals surface area contributed by atoms with Crippen LogP contribution in [0.25, 0.3) is 0 Å². The molecular weight excluding hydrogens is 308 g/mol. The molecule has 0 aromatic rings. The Bertz CT molecular complexity index is 476. The standard InChI is InChI=1S/C14H26N2O5S/c1-10(7-11-3-5-21-6-4-11)15-14(17)16-12-8-22(18,19)9-13(12)20-2/h10-13H,3-9H2,1-2H3,(H2,15,16,17). The summed E-state index contributed by atoms with van der Waals surface area (Å²) in [4.78, 5) is 12.0. The molecule has 2 aliphatic rings. The Hall–Kier alpha value is -0.860. The van der Waals surface area contributed by atoms with Gasteiger partial charge in [-0.15, -0.1) is 0 Å². The van der Waals surface area contributed by atoms with Gasteiger partial charge >= 0.3 is 6.03 Å². The number of nitrogens with one attached hydrogen (secondary N) is 2. The number of hydrogen-bond acceptors (Lipinski definition) is 5. The average molecular weight is 334 g/mol. The van der Waals surface area contributed by atoms with Crippen LogP contribution in [0.4, 0.5) is 4.79 Å². The molecule has 3 unspecified atom stereocenters. The highest BCUT2D eigenvalue weighted by Crippen LogP contribution is 2.20. The van der Waals surface area contributed by atoms with Gasteiger partial charge < -0.3 is 20.1 Å². The van der Waals surface area contributed by atoms with Gasteiger partial charge in [-0.05, 0) is 32.1 Å². The van der Waals surface area contributed by atoms with Gasteiger partial charge in [0.1, 0.15) is 0 Å². The monoisotopic (exact) mass is 334 g/mol. The van der Waals surface area contributed by atoms with Gasteiger partial charge in [-0.2, -0.15) is 0 Å². The molecule has 128 valence electrons. The summed E-state index contributed by atoms with van der Waals surface area (Å²) in [6, 6.07) is -0.768. The third-order valence-electron chi connectivity index (χ3n) is 4.32. The van der Waals surface area contributed by atoms with Crippen molar-refractivity contribution in [3.63, 3.8) is 0 Å². The van der Waals surface area contributed by atoms with Gasteiger partial charge in [-0.1, -0.05) is 0 Å².